The molecule has 0 bridgehead atoms. The van der Waals surface area contributed by atoms with E-state index < -0.39 is 0 Å². The summed E-state index contributed by atoms with van der Waals surface area (Å²) >= 11 is 0. The van der Waals surface area contributed by atoms with E-state index in [2.05, 4.69) is 17.1 Å². The van der Waals surface area contributed by atoms with Crippen LogP contribution in [0.2, 0.25) is 0 Å². The Morgan fingerprint density at radius 1 is 0.786 bits per heavy atom. The van der Waals surface area contributed by atoms with Gasteiger partial charge in [-0.3, -0.25) is 0 Å². The zero-order valence-corrected chi connectivity index (χ0v) is 15.2. The van der Waals surface area contributed by atoms with Gasteiger partial charge >= 0.3 is 0 Å². The fraction of sp³-hybridized carbons (Fsp3) is 0.0833. The molecule has 0 atom stereocenters. The fourth-order valence-electron chi connectivity index (χ4n) is 2.92. The van der Waals surface area contributed by atoms with Gasteiger partial charge in [-0.05, 0) is 42.0 Å². The maximum Gasteiger partial charge on any atom is 0.137 e. The second kappa shape index (κ2) is 8.24. The summed E-state index contributed by atoms with van der Waals surface area (Å²) in [6.07, 6.45) is 0. The van der Waals surface area contributed by atoms with Crippen molar-refractivity contribution < 1.29 is 9.47 Å². The average molecular weight is 366 g/mol. The van der Waals surface area contributed by atoms with Crippen molar-refractivity contribution in [2.75, 3.05) is 0 Å². The number of nitrogens with zero attached hydrogens (tertiary/aromatic N) is 2. The third-order valence-electron chi connectivity index (χ3n) is 4.34. The molecule has 4 rings (SSSR count). The highest BCUT2D eigenvalue weighted by molar-refractivity contribution is 5.78. The van der Waals surface area contributed by atoms with Crippen molar-refractivity contribution in [3.63, 3.8) is 0 Å². The number of para-hydroxylation sites is 2. The van der Waals surface area contributed by atoms with Gasteiger partial charge in [-0.1, -0.05) is 48.5 Å². The summed E-state index contributed by atoms with van der Waals surface area (Å²) in [7, 11) is 0. The molecule has 0 amide bonds. The molecular weight excluding hydrogens is 348 g/mol. The fourth-order valence-corrected chi connectivity index (χ4v) is 2.92. The molecule has 4 heteroatoms. The monoisotopic (exact) mass is 366 g/mol. The first kappa shape index (κ1) is 17.6. The minimum Gasteiger partial charge on any atom is -0.488 e. The van der Waals surface area contributed by atoms with Gasteiger partial charge in [0.1, 0.15) is 30.8 Å². The second-order valence-corrected chi connectivity index (χ2v) is 6.33. The van der Waals surface area contributed by atoms with E-state index in [0.717, 1.165) is 27.9 Å². The SMILES string of the molecule is N#Cc1ccccc1OCc1cccc(OCc2ccc3ccccc3n2)c1. The van der Waals surface area contributed by atoms with Crippen LogP contribution in [0.5, 0.6) is 11.5 Å². The normalized spacial score (nSPS) is 10.4. The lowest BCUT2D eigenvalue weighted by Gasteiger charge is -2.10. The molecule has 0 aliphatic heterocycles. The first-order chi connectivity index (χ1) is 13.8. The van der Waals surface area contributed by atoms with Gasteiger partial charge in [-0.25, -0.2) is 4.98 Å². The Hall–Kier alpha value is -3.84. The van der Waals surface area contributed by atoms with Gasteiger partial charge in [0.2, 0.25) is 0 Å². The van der Waals surface area contributed by atoms with E-state index in [9.17, 15) is 0 Å². The molecule has 1 heterocycles. The van der Waals surface area contributed by atoms with Crippen molar-refractivity contribution in [2.45, 2.75) is 13.2 Å². The molecule has 0 fully saturated rings. The van der Waals surface area contributed by atoms with Gasteiger partial charge in [0, 0.05) is 5.39 Å². The Morgan fingerprint density at radius 3 is 2.57 bits per heavy atom. The number of benzene rings is 3. The van der Waals surface area contributed by atoms with E-state index in [1.54, 1.807) is 12.1 Å². The quantitative estimate of drug-likeness (QED) is 0.467. The maximum absolute atomic E-state index is 9.15. The number of rotatable bonds is 6. The number of ether oxygens (including phenoxy) is 2. The van der Waals surface area contributed by atoms with Crippen LogP contribution < -0.4 is 9.47 Å². The van der Waals surface area contributed by atoms with Crippen LogP contribution in [-0.4, -0.2) is 4.98 Å². The highest BCUT2D eigenvalue weighted by atomic mass is 16.5. The lowest BCUT2D eigenvalue weighted by molar-refractivity contribution is 0.293. The molecule has 0 unspecified atom stereocenters. The summed E-state index contributed by atoms with van der Waals surface area (Å²) in [5.74, 6) is 1.33. The van der Waals surface area contributed by atoms with Crippen LogP contribution in [0.15, 0.2) is 84.9 Å². The van der Waals surface area contributed by atoms with E-state index in [4.69, 9.17) is 14.7 Å². The Balaban J connectivity index is 1.41. The van der Waals surface area contributed by atoms with Crippen LogP contribution in [0.3, 0.4) is 0 Å². The number of pyridine rings is 1. The molecule has 0 N–H and O–H groups in total. The third kappa shape index (κ3) is 4.11. The van der Waals surface area contributed by atoms with Crippen molar-refractivity contribution >= 4 is 10.9 Å². The van der Waals surface area contributed by atoms with Gasteiger partial charge in [0.15, 0.2) is 0 Å². The molecule has 0 aliphatic rings. The zero-order valence-electron chi connectivity index (χ0n) is 15.2. The number of hydrogen-bond acceptors (Lipinski definition) is 4. The van der Waals surface area contributed by atoms with Gasteiger partial charge < -0.3 is 9.47 Å². The maximum atomic E-state index is 9.15. The Bertz CT molecular complexity index is 1150. The first-order valence-electron chi connectivity index (χ1n) is 9.00. The van der Waals surface area contributed by atoms with E-state index in [1.807, 2.05) is 66.7 Å². The molecule has 0 saturated heterocycles. The summed E-state index contributed by atoms with van der Waals surface area (Å²) in [6, 6.07) is 29.2. The molecule has 0 aliphatic carbocycles. The topological polar surface area (TPSA) is 55.1 Å². The first-order valence-corrected chi connectivity index (χ1v) is 9.00. The van der Waals surface area contributed by atoms with Crippen molar-refractivity contribution in [3.05, 3.63) is 102 Å². The lowest BCUT2D eigenvalue weighted by atomic mass is 10.2. The van der Waals surface area contributed by atoms with Gasteiger partial charge in [-0.2, -0.15) is 5.26 Å². The Morgan fingerprint density at radius 2 is 1.64 bits per heavy atom. The summed E-state index contributed by atoms with van der Waals surface area (Å²) in [5.41, 5.74) is 3.33. The van der Waals surface area contributed by atoms with Gasteiger partial charge in [-0.15, -0.1) is 0 Å². The van der Waals surface area contributed by atoms with Crippen molar-refractivity contribution in [1.82, 2.24) is 4.98 Å². The molecule has 1 aromatic heterocycles. The minimum absolute atomic E-state index is 0.365. The Labute approximate surface area is 163 Å². The van der Waals surface area contributed by atoms with Crippen LogP contribution in [0.4, 0.5) is 0 Å². The van der Waals surface area contributed by atoms with E-state index in [1.165, 1.54) is 0 Å². The van der Waals surface area contributed by atoms with Crippen LogP contribution in [0.1, 0.15) is 16.8 Å². The summed E-state index contributed by atoms with van der Waals surface area (Å²) in [5, 5.41) is 10.3. The molecule has 136 valence electrons. The summed E-state index contributed by atoms with van der Waals surface area (Å²) in [6.45, 7) is 0.760. The molecule has 3 aromatic carbocycles. The highest BCUT2D eigenvalue weighted by Gasteiger charge is 2.04. The largest absolute Gasteiger partial charge is 0.488 e. The van der Waals surface area contributed by atoms with E-state index >= 15 is 0 Å². The predicted molar refractivity (Wildman–Crippen MR) is 108 cm³/mol. The number of fused-ring (bicyclic) bond motifs is 1. The van der Waals surface area contributed by atoms with Gasteiger partial charge in [0.05, 0.1) is 16.8 Å². The van der Waals surface area contributed by atoms with Crippen molar-refractivity contribution in [2.24, 2.45) is 0 Å². The summed E-state index contributed by atoms with van der Waals surface area (Å²) < 4.78 is 11.7. The van der Waals surface area contributed by atoms with Crippen LogP contribution in [-0.2, 0) is 13.2 Å². The van der Waals surface area contributed by atoms with Crippen LogP contribution in [0, 0.1) is 11.3 Å². The number of nitriles is 1. The molecule has 0 radical (unpaired) electrons. The van der Waals surface area contributed by atoms with Crippen molar-refractivity contribution in [1.29, 1.82) is 5.26 Å². The van der Waals surface area contributed by atoms with Crippen molar-refractivity contribution in [3.8, 4) is 17.6 Å². The molecular formula is C24H18N2O2. The van der Waals surface area contributed by atoms with E-state index in [-0.39, 0.29) is 0 Å². The molecule has 4 nitrogen and oxygen atoms in total. The van der Waals surface area contributed by atoms with E-state index in [0.29, 0.717) is 24.5 Å². The van der Waals surface area contributed by atoms with Gasteiger partial charge in [0.25, 0.3) is 0 Å². The molecule has 0 saturated carbocycles. The third-order valence-corrected chi connectivity index (χ3v) is 4.34. The highest BCUT2D eigenvalue weighted by Crippen LogP contribution is 2.20. The zero-order chi connectivity index (χ0) is 19.2. The number of hydrogen-bond donors (Lipinski definition) is 0. The van der Waals surface area contributed by atoms with Crippen LogP contribution in [0.25, 0.3) is 10.9 Å². The lowest BCUT2D eigenvalue weighted by Crippen LogP contribution is -2.00. The average Bonchev–Trinajstić information content (AvgIpc) is 2.76. The number of aromatic nitrogens is 1. The molecule has 4 aromatic rings. The second-order valence-electron chi connectivity index (χ2n) is 6.33. The minimum atomic E-state index is 0.365. The van der Waals surface area contributed by atoms with Crippen LogP contribution >= 0.6 is 0 Å². The molecule has 0 spiro atoms. The standard InChI is InChI=1S/C24H18N2O2/c25-15-20-8-2-4-11-24(20)28-16-18-6-5-9-22(14-18)27-17-21-13-12-19-7-1-3-10-23(19)26-21/h1-14H,16-17H2. The smallest absolute Gasteiger partial charge is 0.137 e. The molecule has 28 heavy (non-hydrogen) atoms. The summed E-state index contributed by atoms with van der Waals surface area (Å²) in [4.78, 5) is 4.63. The Kier molecular flexibility index (Phi) is 5.17. The predicted octanol–water partition coefficient (Wildman–Crippen LogP) is 5.26.